The molecule has 4 nitrogen and oxygen atoms in total. The van der Waals surface area contributed by atoms with Gasteiger partial charge in [0.1, 0.15) is 6.54 Å². The van der Waals surface area contributed by atoms with Crippen LogP contribution in [0.2, 0.25) is 0 Å². The Bertz CT molecular complexity index is 440. The minimum absolute atomic E-state index is 0.0891. The Labute approximate surface area is 120 Å². The molecular weight excluding hydrogens is 254 g/mol. The van der Waals surface area contributed by atoms with E-state index in [-0.39, 0.29) is 12.5 Å². The maximum absolute atomic E-state index is 12.0. The van der Waals surface area contributed by atoms with Crippen molar-refractivity contribution in [2.75, 3.05) is 13.1 Å². The first-order valence-corrected chi connectivity index (χ1v) is 7.14. The molecule has 4 heteroatoms. The van der Waals surface area contributed by atoms with Gasteiger partial charge >= 0.3 is 5.97 Å². The number of carbonyl (C=O) groups is 2. The van der Waals surface area contributed by atoms with Crippen molar-refractivity contribution in [3.63, 3.8) is 0 Å². The van der Waals surface area contributed by atoms with Gasteiger partial charge < -0.3 is 10.0 Å². The average molecular weight is 277 g/mol. The van der Waals surface area contributed by atoms with Crippen molar-refractivity contribution in [1.29, 1.82) is 0 Å². The molecule has 1 aromatic carbocycles. The molecule has 20 heavy (non-hydrogen) atoms. The van der Waals surface area contributed by atoms with Gasteiger partial charge in [-0.25, -0.2) is 0 Å². The number of carboxylic acid groups (broad SMARTS) is 1. The molecule has 0 saturated carbocycles. The van der Waals surface area contributed by atoms with Gasteiger partial charge in [-0.1, -0.05) is 38.1 Å². The third kappa shape index (κ3) is 5.43. The van der Waals surface area contributed by atoms with Gasteiger partial charge in [0.2, 0.25) is 5.91 Å². The normalized spacial score (nSPS) is 10.3. The molecule has 0 fully saturated rings. The highest BCUT2D eigenvalue weighted by molar-refractivity contribution is 5.81. The van der Waals surface area contributed by atoms with E-state index in [4.69, 9.17) is 5.11 Å². The number of nitrogens with zero attached hydrogens (tertiary/aromatic N) is 1. The van der Waals surface area contributed by atoms with Crippen LogP contribution < -0.4 is 0 Å². The molecule has 0 spiro atoms. The van der Waals surface area contributed by atoms with Gasteiger partial charge in [0.25, 0.3) is 0 Å². The summed E-state index contributed by atoms with van der Waals surface area (Å²) in [5.74, 6) is -1.05. The van der Waals surface area contributed by atoms with Gasteiger partial charge in [0.15, 0.2) is 0 Å². The van der Waals surface area contributed by atoms with Crippen LogP contribution in [0.5, 0.6) is 0 Å². The molecule has 0 aliphatic heterocycles. The molecule has 0 unspecified atom stereocenters. The summed E-state index contributed by atoms with van der Waals surface area (Å²) in [7, 11) is 0. The summed E-state index contributed by atoms with van der Waals surface area (Å²) in [4.78, 5) is 24.2. The fraction of sp³-hybridized carbons (Fsp3) is 0.500. The second-order valence-corrected chi connectivity index (χ2v) is 4.88. The van der Waals surface area contributed by atoms with Crippen LogP contribution in [0.25, 0.3) is 0 Å². The summed E-state index contributed by atoms with van der Waals surface area (Å²) < 4.78 is 0. The van der Waals surface area contributed by atoms with E-state index in [2.05, 4.69) is 19.1 Å². The molecule has 1 N–H and O–H groups in total. The minimum Gasteiger partial charge on any atom is -0.480 e. The van der Waals surface area contributed by atoms with E-state index in [1.807, 2.05) is 19.1 Å². The largest absolute Gasteiger partial charge is 0.480 e. The first kappa shape index (κ1) is 16.2. The number of hydrogen-bond acceptors (Lipinski definition) is 2. The maximum Gasteiger partial charge on any atom is 0.323 e. The van der Waals surface area contributed by atoms with Crippen LogP contribution in [0.1, 0.15) is 37.8 Å². The summed E-state index contributed by atoms with van der Waals surface area (Å²) >= 11 is 0. The van der Waals surface area contributed by atoms with Crippen LogP contribution in [-0.2, 0) is 22.4 Å². The first-order valence-electron chi connectivity index (χ1n) is 7.14. The minimum atomic E-state index is -0.959. The second-order valence-electron chi connectivity index (χ2n) is 4.88. The summed E-state index contributed by atoms with van der Waals surface area (Å²) in [6.07, 6.45) is 2.79. The molecule has 1 aromatic rings. The lowest BCUT2D eigenvalue weighted by molar-refractivity contribution is -0.144. The highest BCUT2D eigenvalue weighted by atomic mass is 16.4. The number of carboxylic acids is 1. The third-order valence-corrected chi connectivity index (χ3v) is 3.23. The Balaban J connectivity index is 2.52. The zero-order valence-corrected chi connectivity index (χ0v) is 12.3. The Kier molecular flexibility index (Phi) is 6.77. The van der Waals surface area contributed by atoms with Crippen molar-refractivity contribution in [2.45, 2.75) is 39.5 Å². The summed E-state index contributed by atoms with van der Waals surface area (Å²) in [6, 6.07) is 8.21. The van der Waals surface area contributed by atoms with Gasteiger partial charge in [-0.3, -0.25) is 9.59 Å². The zero-order valence-electron chi connectivity index (χ0n) is 12.3. The molecule has 0 saturated heterocycles. The molecular formula is C16H23NO3. The monoisotopic (exact) mass is 277 g/mol. The Morgan fingerprint density at radius 2 is 1.70 bits per heavy atom. The van der Waals surface area contributed by atoms with Crippen LogP contribution >= 0.6 is 0 Å². The predicted molar refractivity (Wildman–Crippen MR) is 78.6 cm³/mol. The molecule has 110 valence electrons. The van der Waals surface area contributed by atoms with E-state index in [9.17, 15) is 9.59 Å². The topological polar surface area (TPSA) is 57.6 Å². The maximum atomic E-state index is 12.0. The summed E-state index contributed by atoms with van der Waals surface area (Å²) in [5, 5.41) is 8.81. The van der Waals surface area contributed by atoms with Gasteiger partial charge in [-0.05, 0) is 30.4 Å². The zero-order chi connectivity index (χ0) is 15.0. The number of rotatable bonds is 8. The van der Waals surface area contributed by atoms with Crippen molar-refractivity contribution in [2.24, 2.45) is 0 Å². The third-order valence-electron chi connectivity index (χ3n) is 3.23. The number of hydrogen-bond donors (Lipinski definition) is 1. The van der Waals surface area contributed by atoms with E-state index >= 15 is 0 Å². The first-order chi connectivity index (χ1) is 9.56. The van der Waals surface area contributed by atoms with Crippen molar-refractivity contribution in [3.8, 4) is 0 Å². The number of aryl methyl sites for hydroxylation is 2. The SMILES string of the molecule is CCCN(CC(=O)O)C(=O)CCc1ccc(CC)cc1. The molecule has 0 bridgehead atoms. The molecule has 0 aliphatic carbocycles. The number of amides is 1. The van der Waals surface area contributed by atoms with Gasteiger partial charge in [0.05, 0.1) is 0 Å². The highest BCUT2D eigenvalue weighted by Gasteiger charge is 2.15. The van der Waals surface area contributed by atoms with E-state index in [1.54, 1.807) is 0 Å². The van der Waals surface area contributed by atoms with Crippen LogP contribution in [0.15, 0.2) is 24.3 Å². The van der Waals surface area contributed by atoms with E-state index in [0.717, 1.165) is 18.4 Å². The lowest BCUT2D eigenvalue weighted by Gasteiger charge is -2.19. The van der Waals surface area contributed by atoms with Crippen molar-refractivity contribution < 1.29 is 14.7 Å². The molecule has 0 atom stereocenters. The second kappa shape index (κ2) is 8.35. The highest BCUT2D eigenvalue weighted by Crippen LogP contribution is 2.08. The Morgan fingerprint density at radius 1 is 1.10 bits per heavy atom. The fourth-order valence-electron chi connectivity index (χ4n) is 2.08. The smallest absolute Gasteiger partial charge is 0.323 e. The molecule has 0 heterocycles. The van der Waals surface area contributed by atoms with Gasteiger partial charge in [-0.2, -0.15) is 0 Å². The van der Waals surface area contributed by atoms with Crippen LogP contribution in [-0.4, -0.2) is 35.0 Å². The summed E-state index contributed by atoms with van der Waals surface area (Å²) in [5.41, 5.74) is 2.39. The predicted octanol–water partition coefficient (Wildman–Crippen LogP) is 2.50. The van der Waals surface area contributed by atoms with Gasteiger partial charge in [-0.15, -0.1) is 0 Å². The lowest BCUT2D eigenvalue weighted by atomic mass is 10.1. The van der Waals surface area contributed by atoms with Gasteiger partial charge in [0, 0.05) is 13.0 Å². The molecule has 1 rings (SSSR count). The number of aliphatic carboxylic acids is 1. The van der Waals surface area contributed by atoms with Crippen LogP contribution in [0, 0.1) is 0 Å². The molecule has 1 amide bonds. The van der Waals surface area contributed by atoms with Crippen LogP contribution in [0.4, 0.5) is 0 Å². The number of benzene rings is 1. The lowest BCUT2D eigenvalue weighted by Crippen LogP contribution is -2.36. The summed E-state index contributed by atoms with van der Waals surface area (Å²) in [6.45, 7) is 4.33. The quantitative estimate of drug-likeness (QED) is 0.794. The fourth-order valence-corrected chi connectivity index (χ4v) is 2.08. The Morgan fingerprint density at radius 3 is 2.20 bits per heavy atom. The molecule has 0 aliphatic rings. The standard InChI is InChI=1S/C16H23NO3/c1-3-11-17(12-16(19)20)15(18)10-9-14-7-5-13(4-2)6-8-14/h5-8H,3-4,9-12H2,1-2H3,(H,19,20). The molecule has 0 radical (unpaired) electrons. The van der Waals surface area contributed by atoms with E-state index in [1.165, 1.54) is 10.5 Å². The molecule has 0 aromatic heterocycles. The number of carbonyl (C=O) groups excluding carboxylic acids is 1. The Hall–Kier alpha value is -1.84. The van der Waals surface area contributed by atoms with Crippen molar-refractivity contribution in [3.05, 3.63) is 35.4 Å². The van der Waals surface area contributed by atoms with E-state index in [0.29, 0.717) is 19.4 Å². The van der Waals surface area contributed by atoms with E-state index < -0.39 is 5.97 Å². The van der Waals surface area contributed by atoms with Crippen molar-refractivity contribution in [1.82, 2.24) is 4.90 Å². The van der Waals surface area contributed by atoms with Crippen molar-refractivity contribution >= 4 is 11.9 Å². The average Bonchev–Trinajstić information content (AvgIpc) is 2.44. The van der Waals surface area contributed by atoms with Crippen LogP contribution in [0.3, 0.4) is 0 Å².